The summed E-state index contributed by atoms with van der Waals surface area (Å²) < 4.78 is 58.8. The predicted octanol–water partition coefficient (Wildman–Crippen LogP) is 6.80. The number of hydrazone groups is 1. The van der Waals surface area contributed by atoms with Crippen LogP contribution in [0.5, 0.6) is 11.5 Å². The van der Waals surface area contributed by atoms with E-state index >= 15 is 0 Å². The highest BCUT2D eigenvalue weighted by atomic mass is 35.5. The number of carbonyl (C=O) groups is 1. The summed E-state index contributed by atoms with van der Waals surface area (Å²) in [6.45, 7) is 1.21. The van der Waals surface area contributed by atoms with Crippen LogP contribution >= 0.6 is 11.6 Å². The molecule has 39 heavy (non-hydrogen) atoms. The van der Waals surface area contributed by atoms with Gasteiger partial charge in [0.25, 0.3) is 5.75 Å². The average molecular weight is 567 g/mol. The highest BCUT2D eigenvalue weighted by Crippen LogP contribution is 2.47. The maximum Gasteiger partial charge on any atom is 0.416 e. The van der Waals surface area contributed by atoms with E-state index in [-0.39, 0.29) is 34.9 Å². The van der Waals surface area contributed by atoms with Crippen LogP contribution in [-0.4, -0.2) is 26.5 Å². The molecule has 10 nitrogen and oxygen atoms in total. The molecule has 3 aromatic carbocycles. The summed E-state index contributed by atoms with van der Waals surface area (Å²) in [6.07, 6.45) is -5.07. The predicted molar refractivity (Wildman–Crippen MR) is 129 cm³/mol. The number of ether oxygens (including phenoxy) is 1. The van der Waals surface area contributed by atoms with Crippen molar-refractivity contribution in [3.63, 3.8) is 0 Å². The first-order chi connectivity index (χ1) is 18.3. The smallest absolute Gasteiger partial charge is 0.416 e. The number of alkyl halides is 3. The molecule has 3 aromatic rings. The highest BCUT2D eigenvalue weighted by Gasteiger charge is 2.40. The van der Waals surface area contributed by atoms with Gasteiger partial charge in [0.1, 0.15) is 11.6 Å². The Morgan fingerprint density at radius 1 is 1.05 bits per heavy atom. The number of benzene rings is 3. The Morgan fingerprint density at radius 2 is 1.64 bits per heavy atom. The molecule has 1 amide bonds. The van der Waals surface area contributed by atoms with E-state index in [1.807, 2.05) is 0 Å². The van der Waals surface area contributed by atoms with Crippen molar-refractivity contribution < 1.29 is 36.9 Å². The van der Waals surface area contributed by atoms with Gasteiger partial charge in [0.15, 0.2) is 0 Å². The molecule has 0 spiro atoms. The summed E-state index contributed by atoms with van der Waals surface area (Å²) >= 11 is 6.15. The van der Waals surface area contributed by atoms with Crippen molar-refractivity contribution in [3.05, 3.63) is 102 Å². The van der Waals surface area contributed by atoms with E-state index in [2.05, 4.69) is 5.10 Å². The number of nitro benzene ring substituents is 2. The van der Waals surface area contributed by atoms with E-state index in [1.165, 1.54) is 49.4 Å². The summed E-state index contributed by atoms with van der Waals surface area (Å²) in [5, 5.41) is 28.8. The third-order valence-corrected chi connectivity index (χ3v) is 5.96. The summed E-state index contributed by atoms with van der Waals surface area (Å²) in [4.78, 5) is 33.2. The zero-order valence-electron chi connectivity index (χ0n) is 19.6. The fourth-order valence-electron chi connectivity index (χ4n) is 3.98. The number of amides is 1. The fourth-order valence-corrected chi connectivity index (χ4v) is 4.16. The minimum Gasteiger partial charge on any atom is -0.444 e. The zero-order chi connectivity index (χ0) is 28.6. The first-order valence-electron chi connectivity index (χ1n) is 10.9. The van der Waals surface area contributed by atoms with Gasteiger partial charge in [-0.15, -0.1) is 0 Å². The zero-order valence-corrected chi connectivity index (χ0v) is 20.4. The molecule has 0 radical (unpaired) electrons. The number of hydrogen-bond acceptors (Lipinski definition) is 7. The van der Waals surface area contributed by atoms with Crippen LogP contribution in [0.3, 0.4) is 0 Å². The number of nitrogens with zero attached hydrogens (tertiary/aromatic N) is 4. The number of nitro groups is 2. The molecule has 0 N–H and O–H groups in total. The molecule has 0 aliphatic carbocycles. The molecule has 0 saturated heterocycles. The van der Waals surface area contributed by atoms with Gasteiger partial charge in [-0.05, 0) is 35.9 Å². The number of hydrogen-bond donors (Lipinski definition) is 0. The van der Waals surface area contributed by atoms with Crippen LogP contribution in [-0.2, 0) is 11.0 Å². The molecule has 1 heterocycles. The third-order valence-electron chi connectivity index (χ3n) is 5.72. The Morgan fingerprint density at radius 3 is 2.15 bits per heavy atom. The van der Waals surface area contributed by atoms with Crippen molar-refractivity contribution in [2.24, 2.45) is 5.10 Å². The van der Waals surface area contributed by atoms with Crippen LogP contribution in [0, 0.1) is 26.0 Å². The molecule has 4 rings (SSSR count). The van der Waals surface area contributed by atoms with Gasteiger partial charge in [-0.2, -0.15) is 18.3 Å². The Balaban J connectivity index is 1.83. The highest BCUT2D eigenvalue weighted by molar-refractivity contribution is 6.30. The summed E-state index contributed by atoms with van der Waals surface area (Å²) in [5.74, 6) is -2.33. The molecule has 0 bridgehead atoms. The first kappa shape index (κ1) is 27.4. The second-order valence-corrected chi connectivity index (χ2v) is 8.71. The SMILES string of the molecule is CC(=O)N1N=C(c2ccc(F)cc2)CC1c1cc(Cl)ccc1Oc1c([N+](=O)[O-])cc(C(F)(F)F)cc1[N+](=O)[O-]. The molecule has 0 saturated carbocycles. The van der Waals surface area contributed by atoms with Crippen LogP contribution in [0.4, 0.5) is 28.9 Å². The van der Waals surface area contributed by atoms with Crippen molar-refractivity contribution in [3.8, 4) is 11.5 Å². The second kappa shape index (κ2) is 10.3. The van der Waals surface area contributed by atoms with Gasteiger partial charge in [-0.25, -0.2) is 9.40 Å². The molecule has 15 heteroatoms. The van der Waals surface area contributed by atoms with Crippen molar-refractivity contribution in [1.82, 2.24) is 5.01 Å². The lowest BCUT2D eigenvalue weighted by molar-refractivity contribution is -0.396. The number of carbonyl (C=O) groups excluding carboxylic acids is 1. The largest absolute Gasteiger partial charge is 0.444 e. The number of rotatable bonds is 6. The molecule has 1 atom stereocenters. The molecule has 0 aromatic heterocycles. The normalized spacial score (nSPS) is 15.2. The molecular formula is C24H15ClF4N4O6. The van der Waals surface area contributed by atoms with Crippen molar-refractivity contribution >= 4 is 34.6 Å². The van der Waals surface area contributed by atoms with Crippen molar-refractivity contribution in [2.45, 2.75) is 25.6 Å². The molecule has 1 unspecified atom stereocenters. The van der Waals surface area contributed by atoms with Gasteiger partial charge in [-0.3, -0.25) is 25.0 Å². The van der Waals surface area contributed by atoms with Gasteiger partial charge >= 0.3 is 17.6 Å². The fraction of sp³-hybridized carbons (Fsp3) is 0.167. The monoisotopic (exact) mass is 566 g/mol. The van der Waals surface area contributed by atoms with Crippen molar-refractivity contribution in [2.75, 3.05) is 0 Å². The Hall–Kier alpha value is -4.59. The third kappa shape index (κ3) is 5.65. The summed E-state index contributed by atoms with van der Waals surface area (Å²) in [5.41, 5.74) is -3.23. The van der Waals surface area contributed by atoms with Gasteiger partial charge < -0.3 is 4.74 Å². The lowest BCUT2D eigenvalue weighted by Crippen LogP contribution is -2.24. The topological polar surface area (TPSA) is 128 Å². The minimum absolute atomic E-state index is 0.0408. The molecule has 202 valence electrons. The molecule has 1 aliphatic heterocycles. The Labute approximate surface area is 221 Å². The Kier molecular flexibility index (Phi) is 7.24. The van der Waals surface area contributed by atoms with Gasteiger partial charge in [0, 0.05) is 36.1 Å². The summed E-state index contributed by atoms with van der Waals surface area (Å²) in [6, 6.07) is 8.44. The lowest BCUT2D eigenvalue weighted by atomic mass is 9.97. The van der Waals surface area contributed by atoms with Crippen LogP contribution in [0.15, 0.2) is 59.7 Å². The summed E-state index contributed by atoms with van der Waals surface area (Å²) in [7, 11) is 0. The maximum absolute atomic E-state index is 13.4. The van der Waals surface area contributed by atoms with Gasteiger partial charge in [0.2, 0.25) is 5.91 Å². The molecule has 0 fully saturated rings. The van der Waals surface area contributed by atoms with Crippen LogP contribution in [0.25, 0.3) is 0 Å². The molecule has 1 aliphatic rings. The van der Waals surface area contributed by atoms with E-state index in [4.69, 9.17) is 16.3 Å². The van der Waals surface area contributed by atoms with Crippen molar-refractivity contribution in [1.29, 1.82) is 0 Å². The second-order valence-electron chi connectivity index (χ2n) is 8.28. The van der Waals surface area contributed by atoms with Gasteiger partial charge in [-0.1, -0.05) is 23.7 Å². The Bertz CT molecular complexity index is 1490. The van der Waals surface area contributed by atoms with E-state index in [0.717, 1.165) is 5.01 Å². The van der Waals surface area contributed by atoms with Gasteiger partial charge in [0.05, 0.1) is 27.2 Å². The minimum atomic E-state index is -5.11. The standard InChI is InChI=1S/C24H15ClF4N4O6/c1-12(34)31-19(11-18(30-31)13-2-5-16(26)6-3-13)17-10-15(25)4-7-22(17)39-23-20(32(35)36)8-14(24(27,28)29)9-21(23)33(37)38/h2-10,19H,11H2,1H3. The average Bonchev–Trinajstić information content (AvgIpc) is 3.30. The quantitative estimate of drug-likeness (QED) is 0.183. The van der Waals surface area contributed by atoms with E-state index < -0.39 is 56.5 Å². The van der Waals surface area contributed by atoms with Crippen LogP contribution in [0.1, 0.15) is 36.1 Å². The first-order valence-corrected chi connectivity index (χ1v) is 11.3. The van der Waals surface area contributed by atoms with E-state index in [9.17, 15) is 42.6 Å². The van der Waals surface area contributed by atoms with Crippen LogP contribution in [0.2, 0.25) is 5.02 Å². The number of halogens is 5. The van der Waals surface area contributed by atoms with E-state index in [1.54, 1.807) is 0 Å². The molecular weight excluding hydrogens is 552 g/mol. The van der Waals surface area contributed by atoms with Crippen LogP contribution < -0.4 is 4.74 Å². The maximum atomic E-state index is 13.4. The van der Waals surface area contributed by atoms with E-state index in [0.29, 0.717) is 11.3 Å². The lowest BCUT2D eigenvalue weighted by Gasteiger charge is -2.23.